The van der Waals surface area contributed by atoms with Gasteiger partial charge in [0.05, 0.1) is 6.04 Å². The van der Waals surface area contributed by atoms with Crippen LogP contribution in [0.2, 0.25) is 0 Å². The van der Waals surface area contributed by atoms with Crippen LogP contribution in [0.1, 0.15) is 19.3 Å². The third-order valence-electron chi connectivity index (χ3n) is 5.29. The van der Waals surface area contributed by atoms with Crippen LogP contribution in [0.25, 0.3) is 0 Å². The number of hydrogen-bond acceptors (Lipinski definition) is 4. The smallest absolute Gasteiger partial charge is 0.162 e. The van der Waals surface area contributed by atoms with Crippen molar-refractivity contribution in [1.82, 2.24) is 10.2 Å². The lowest BCUT2D eigenvalue weighted by molar-refractivity contribution is 0.0269. The summed E-state index contributed by atoms with van der Waals surface area (Å²) >= 11 is 0. The fourth-order valence-corrected chi connectivity index (χ4v) is 4.19. The first kappa shape index (κ1) is 15.3. The average molecular weight is 324 g/mol. The van der Waals surface area contributed by atoms with Crippen molar-refractivity contribution in [3.05, 3.63) is 29.8 Å². The Balaban J connectivity index is 1.49. The van der Waals surface area contributed by atoms with E-state index in [1.807, 2.05) is 0 Å². The van der Waals surface area contributed by atoms with Crippen molar-refractivity contribution < 1.29 is 18.3 Å². The van der Waals surface area contributed by atoms with Crippen LogP contribution in [0.4, 0.5) is 8.78 Å². The number of ether oxygens (including phenoxy) is 2. The van der Waals surface area contributed by atoms with Gasteiger partial charge in [0.25, 0.3) is 0 Å². The molecule has 1 aromatic rings. The summed E-state index contributed by atoms with van der Waals surface area (Å²) in [6.07, 6.45) is 3.19. The molecule has 0 aromatic heterocycles. The van der Waals surface area contributed by atoms with Crippen molar-refractivity contribution >= 4 is 0 Å². The van der Waals surface area contributed by atoms with Gasteiger partial charge < -0.3 is 14.8 Å². The van der Waals surface area contributed by atoms with Crippen molar-refractivity contribution in [2.24, 2.45) is 0 Å². The third-order valence-corrected chi connectivity index (χ3v) is 5.29. The van der Waals surface area contributed by atoms with Gasteiger partial charge in [-0.25, -0.2) is 8.78 Å². The van der Waals surface area contributed by atoms with Crippen molar-refractivity contribution in [2.75, 3.05) is 26.3 Å². The number of nitrogens with one attached hydrogen (secondary N) is 1. The molecule has 1 N–H and O–H groups in total. The first-order chi connectivity index (χ1) is 11.2. The largest absolute Gasteiger partial charge is 0.487 e. The van der Waals surface area contributed by atoms with Gasteiger partial charge in [-0.15, -0.1) is 0 Å². The lowest BCUT2D eigenvalue weighted by Crippen LogP contribution is -2.44. The molecular weight excluding hydrogens is 302 g/mol. The quantitative estimate of drug-likeness (QED) is 0.921. The van der Waals surface area contributed by atoms with Gasteiger partial charge in [-0.3, -0.25) is 4.90 Å². The van der Waals surface area contributed by atoms with Crippen LogP contribution in [0.5, 0.6) is 5.75 Å². The molecule has 3 aliphatic rings. The number of rotatable bonds is 3. The molecule has 0 bridgehead atoms. The number of halogens is 2. The Hall–Kier alpha value is -1.24. The van der Waals surface area contributed by atoms with E-state index >= 15 is 0 Å². The van der Waals surface area contributed by atoms with Gasteiger partial charge in [0.15, 0.2) is 11.6 Å². The Morgan fingerprint density at radius 2 is 1.96 bits per heavy atom. The van der Waals surface area contributed by atoms with Crippen LogP contribution < -0.4 is 10.1 Å². The average Bonchev–Trinajstić information content (AvgIpc) is 3.16. The first-order valence-corrected chi connectivity index (χ1v) is 8.41. The zero-order valence-corrected chi connectivity index (χ0v) is 13.0. The standard InChI is InChI=1S/C17H22F2N2O2/c18-13-2-1-12(9-14(13)19)23-16-10-21(11-4-7-22-8-5-11)15-3-6-20-17(15)16/h1-2,9,11,15-17,20H,3-8,10H2. The van der Waals surface area contributed by atoms with Gasteiger partial charge >= 0.3 is 0 Å². The second-order valence-electron chi connectivity index (χ2n) is 6.61. The minimum atomic E-state index is -0.863. The summed E-state index contributed by atoms with van der Waals surface area (Å²) in [7, 11) is 0. The first-order valence-electron chi connectivity index (χ1n) is 8.41. The minimum absolute atomic E-state index is 0.0322. The van der Waals surface area contributed by atoms with E-state index < -0.39 is 11.6 Å². The van der Waals surface area contributed by atoms with Gasteiger partial charge in [-0.2, -0.15) is 0 Å². The molecule has 23 heavy (non-hydrogen) atoms. The Kier molecular flexibility index (Phi) is 4.22. The molecule has 6 heteroatoms. The van der Waals surface area contributed by atoms with Crippen molar-refractivity contribution in [3.63, 3.8) is 0 Å². The second kappa shape index (κ2) is 6.34. The predicted octanol–water partition coefficient (Wildman–Crippen LogP) is 1.94. The molecule has 1 aromatic carbocycles. The molecule has 3 saturated heterocycles. The maximum atomic E-state index is 13.4. The number of benzene rings is 1. The van der Waals surface area contributed by atoms with Crippen molar-refractivity contribution in [1.29, 1.82) is 0 Å². The highest BCUT2D eigenvalue weighted by atomic mass is 19.2. The van der Waals surface area contributed by atoms with E-state index in [1.54, 1.807) is 0 Å². The van der Waals surface area contributed by atoms with Crippen LogP contribution in [0.3, 0.4) is 0 Å². The zero-order valence-electron chi connectivity index (χ0n) is 13.0. The van der Waals surface area contributed by atoms with Gasteiger partial charge in [-0.05, 0) is 37.9 Å². The summed E-state index contributed by atoms with van der Waals surface area (Å²) in [5.74, 6) is -1.31. The van der Waals surface area contributed by atoms with E-state index in [0.717, 1.165) is 57.7 Å². The van der Waals surface area contributed by atoms with Crippen LogP contribution >= 0.6 is 0 Å². The molecular formula is C17H22F2N2O2. The summed E-state index contributed by atoms with van der Waals surface area (Å²) in [5.41, 5.74) is 0. The Bertz CT molecular complexity index is 566. The van der Waals surface area contributed by atoms with Gasteiger partial charge in [0.2, 0.25) is 0 Å². The summed E-state index contributed by atoms with van der Waals surface area (Å²) < 4.78 is 37.9. The molecule has 0 radical (unpaired) electrons. The summed E-state index contributed by atoms with van der Waals surface area (Å²) in [6, 6.07) is 5.01. The monoisotopic (exact) mass is 324 g/mol. The van der Waals surface area contributed by atoms with Crippen molar-refractivity contribution in [3.8, 4) is 5.75 Å². The predicted molar refractivity (Wildman–Crippen MR) is 81.5 cm³/mol. The topological polar surface area (TPSA) is 33.7 Å². The van der Waals surface area contributed by atoms with E-state index in [4.69, 9.17) is 9.47 Å². The highest BCUT2D eigenvalue weighted by molar-refractivity contribution is 5.24. The molecule has 3 aliphatic heterocycles. The fourth-order valence-electron chi connectivity index (χ4n) is 4.19. The number of hydrogen-bond donors (Lipinski definition) is 1. The van der Waals surface area contributed by atoms with E-state index in [1.165, 1.54) is 6.07 Å². The van der Waals surface area contributed by atoms with Gasteiger partial charge in [0.1, 0.15) is 11.9 Å². The molecule has 3 fully saturated rings. The molecule has 0 spiro atoms. The Morgan fingerprint density at radius 1 is 1.13 bits per heavy atom. The molecule has 4 nitrogen and oxygen atoms in total. The fraction of sp³-hybridized carbons (Fsp3) is 0.647. The molecule has 3 unspecified atom stereocenters. The maximum Gasteiger partial charge on any atom is 0.162 e. The summed E-state index contributed by atoms with van der Waals surface area (Å²) in [6.45, 7) is 3.44. The molecule has 3 atom stereocenters. The van der Waals surface area contributed by atoms with Gasteiger partial charge in [0, 0.05) is 37.9 Å². The van der Waals surface area contributed by atoms with Crippen LogP contribution in [0.15, 0.2) is 18.2 Å². The third kappa shape index (κ3) is 2.95. The summed E-state index contributed by atoms with van der Waals surface area (Å²) in [5, 5.41) is 3.52. The van der Waals surface area contributed by atoms with Crippen LogP contribution in [0, 0.1) is 11.6 Å². The molecule has 0 amide bonds. The van der Waals surface area contributed by atoms with Crippen LogP contribution in [-0.4, -0.2) is 55.4 Å². The maximum absolute atomic E-state index is 13.4. The highest BCUT2D eigenvalue weighted by Gasteiger charge is 2.48. The zero-order chi connectivity index (χ0) is 15.8. The van der Waals surface area contributed by atoms with E-state index in [-0.39, 0.29) is 12.1 Å². The molecule has 4 rings (SSSR count). The lowest BCUT2D eigenvalue weighted by Gasteiger charge is -2.34. The van der Waals surface area contributed by atoms with Crippen LogP contribution in [-0.2, 0) is 4.74 Å². The lowest BCUT2D eigenvalue weighted by atomic mass is 10.0. The SMILES string of the molecule is Fc1ccc(OC2CN(C3CCOCC3)C3CCNC23)cc1F. The Morgan fingerprint density at radius 3 is 2.74 bits per heavy atom. The van der Waals surface area contributed by atoms with Crippen molar-refractivity contribution in [2.45, 2.75) is 43.5 Å². The molecule has 3 heterocycles. The minimum Gasteiger partial charge on any atom is -0.487 e. The van der Waals surface area contributed by atoms with Gasteiger partial charge in [-0.1, -0.05) is 0 Å². The number of likely N-dealkylation sites (tertiary alicyclic amines) is 1. The number of nitrogens with zero attached hydrogens (tertiary/aromatic N) is 1. The molecule has 0 saturated carbocycles. The normalized spacial score (nSPS) is 32.2. The molecule has 0 aliphatic carbocycles. The molecule has 126 valence electrons. The summed E-state index contributed by atoms with van der Waals surface area (Å²) in [4.78, 5) is 2.54. The number of fused-ring (bicyclic) bond motifs is 1. The van der Waals surface area contributed by atoms with E-state index in [9.17, 15) is 8.78 Å². The van der Waals surface area contributed by atoms with E-state index in [2.05, 4.69) is 10.2 Å². The second-order valence-corrected chi connectivity index (χ2v) is 6.61. The highest BCUT2D eigenvalue weighted by Crippen LogP contribution is 2.33. The van der Waals surface area contributed by atoms with E-state index in [0.29, 0.717) is 17.8 Å². The Labute approximate surface area is 134 Å².